The van der Waals surface area contributed by atoms with Crippen molar-refractivity contribution in [2.24, 2.45) is 5.73 Å². The van der Waals surface area contributed by atoms with Gasteiger partial charge in [0.25, 0.3) is 0 Å². The Kier molecular flexibility index (Phi) is 6.20. The number of benzene rings is 2. The van der Waals surface area contributed by atoms with Gasteiger partial charge in [0, 0.05) is 12.6 Å². The van der Waals surface area contributed by atoms with Crippen LogP contribution in [0.2, 0.25) is 0 Å². The molecule has 0 fully saturated rings. The molecule has 2 heterocycles. The van der Waals surface area contributed by atoms with E-state index in [2.05, 4.69) is 27.2 Å². The number of hydrogen-bond donors (Lipinski definition) is 2. The molecule has 2 aromatic carbocycles. The number of rotatable bonds is 8. The lowest BCUT2D eigenvalue weighted by Gasteiger charge is -2.18. The summed E-state index contributed by atoms with van der Waals surface area (Å²) < 4.78 is 14.8. The van der Waals surface area contributed by atoms with Crippen molar-refractivity contribution >= 4 is 17.0 Å². The maximum absolute atomic E-state index is 13.1. The van der Waals surface area contributed by atoms with Crippen molar-refractivity contribution < 1.29 is 9.50 Å². The summed E-state index contributed by atoms with van der Waals surface area (Å²) in [5.74, 6) is 0.276. The van der Waals surface area contributed by atoms with Crippen molar-refractivity contribution in [3.8, 4) is 0 Å². The monoisotopic (exact) mass is 418 g/mol. The Bertz CT molecular complexity index is 1160. The summed E-state index contributed by atoms with van der Waals surface area (Å²) in [6.45, 7) is 4.11. The Balaban J connectivity index is 1.53. The van der Waals surface area contributed by atoms with Gasteiger partial charge in [-0.2, -0.15) is 0 Å². The standard InChI is InChI=1S/C23H23FN6O/c1-15-4-2-3-5-19(15)20(12-31)30-14-29-21-22(27-13-28-23(21)30)26-11-18(25)10-16-6-8-17(24)9-7-16/h2-9,13-14,18,20H,1,10-12,25H2,(H,26,27,28). The molecule has 0 spiro atoms. The minimum Gasteiger partial charge on any atom is -0.367 e. The number of imidazole rings is 1. The van der Waals surface area contributed by atoms with E-state index in [0.717, 1.165) is 16.7 Å². The van der Waals surface area contributed by atoms with Crippen LogP contribution in [0.15, 0.2) is 61.2 Å². The summed E-state index contributed by atoms with van der Waals surface area (Å²) in [7, 11) is 0. The molecular formula is C23H23FN6O. The van der Waals surface area contributed by atoms with Crippen LogP contribution in [0.25, 0.3) is 11.2 Å². The van der Waals surface area contributed by atoms with Gasteiger partial charge in [0.05, 0.1) is 12.4 Å². The first-order valence-corrected chi connectivity index (χ1v) is 9.97. The number of fused-ring (bicyclic) bond motifs is 1. The second kappa shape index (κ2) is 9.20. The third-order valence-electron chi connectivity index (χ3n) is 5.21. The third-order valence-corrected chi connectivity index (χ3v) is 5.21. The molecule has 0 saturated heterocycles. The van der Waals surface area contributed by atoms with Crippen molar-refractivity contribution in [3.63, 3.8) is 0 Å². The number of hydrogen-bond acceptors (Lipinski definition) is 5. The largest absolute Gasteiger partial charge is 0.367 e. The second-order valence-electron chi connectivity index (χ2n) is 7.40. The predicted molar refractivity (Wildman–Crippen MR) is 116 cm³/mol. The normalized spacial score (nSPS) is 13.3. The van der Waals surface area contributed by atoms with Gasteiger partial charge < -0.3 is 15.6 Å². The predicted octanol–water partition coefficient (Wildman–Crippen LogP) is 3.15. The van der Waals surface area contributed by atoms with Gasteiger partial charge >= 0.3 is 0 Å². The van der Waals surface area contributed by atoms with Crippen LogP contribution in [0.4, 0.5) is 10.2 Å². The van der Waals surface area contributed by atoms with Crippen molar-refractivity contribution in [1.82, 2.24) is 19.5 Å². The minimum absolute atomic E-state index is 0.204. The Labute approximate surface area is 179 Å². The van der Waals surface area contributed by atoms with Gasteiger partial charge in [-0.25, -0.2) is 24.4 Å². The molecule has 2 atom stereocenters. The van der Waals surface area contributed by atoms with Crippen LogP contribution in [0.1, 0.15) is 22.7 Å². The number of anilines is 1. The summed E-state index contributed by atoms with van der Waals surface area (Å²) in [6, 6.07) is 13.2. The lowest BCUT2D eigenvalue weighted by atomic mass is 10.0. The molecule has 7 nitrogen and oxygen atoms in total. The van der Waals surface area contributed by atoms with Crippen LogP contribution in [0.3, 0.4) is 0 Å². The van der Waals surface area contributed by atoms with Crippen LogP contribution in [0, 0.1) is 12.7 Å². The molecule has 3 N–H and O–H groups in total. The van der Waals surface area contributed by atoms with Crippen LogP contribution in [-0.4, -0.2) is 38.7 Å². The van der Waals surface area contributed by atoms with E-state index in [0.29, 0.717) is 29.9 Å². The first-order valence-electron chi connectivity index (χ1n) is 9.97. The molecule has 4 rings (SSSR count). The Morgan fingerprint density at radius 1 is 1.10 bits per heavy atom. The topological polar surface area (TPSA) is 102 Å². The maximum Gasteiger partial charge on any atom is 0.166 e. The highest BCUT2D eigenvalue weighted by molar-refractivity contribution is 5.82. The quantitative estimate of drug-likeness (QED) is 0.458. The van der Waals surface area contributed by atoms with E-state index in [-0.39, 0.29) is 18.5 Å². The SMILES string of the molecule is [CH2]c1ccccc1C(C[O])n1cnc2c(NCC(N)Cc3ccc(F)cc3)ncnc21. The molecule has 0 aliphatic carbocycles. The molecule has 0 aliphatic rings. The van der Waals surface area contributed by atoms with E-state index in [1.54, 1.807) is 23.0 Å². The van der Waals surface area contributed by atoms with Gasteiger partial charge in [0.2, 0.25) is 0 Å². The zero-order valence-corrected chi connectivity index (χ0v) is 16.9. The van der Waals surface area contributed by atoms with E-state index in [4.69, 9.17) is 5.73 Å². The van der Waals surface area contributed by atoms with Crippen molar-refractivity contribution in [2.45, 2.75) is 18.5 Å². The van der Waals surface area contributed by atoms with E-state index in [1.807, 2.05) is 24.3 Å². The minimum atomic E-state index is -0.470. The molecule has 0 amide bonds. The fraction of sp³-hybridized carbons (Fsp3) is 0.217. The molecule has 0 bridgehead atoms. The fourth-order valence-corrected chi connectivity index (χ4v) is 3.61. The molecule has 158 valence electrons. The van der Waals surface area contributed by atoms with Gasteiger partial charge in [-0.15, -0.1) is 0 Å². The molecule has 2 unspecified atom stereocenters. The highest BCUT2D eigenvalue weighted by Crippen LogP contribution is 2.26. The van der Waals surface area contributed by atoms with E-state index < -0.39 is 6.04 Å². The third kappa shape index (κ3) is 4.55. The Hall–Kier alpha value is -3.36. The van der Waals surface area contributed by atoms with Crippen LogP contribution < -0.4 is 11.1 Å². The summed E-state index contributed by atoms with van der Waals surface area (Å²) >= 11 is 0. The van der Waals surface area contributed by atoms with Gasteiger partial charge in [-0.05, 0) is 42.2 Å². The number of nitrogens with two attached hydrogens (primary N) is 1. The van der Waals surface area contributed by atoms with E-state index in [9.17, 15) is 9.50 Å². The molecule has 0 aliphatic heterocycles. The Morgan fingerprint density at radius 2 is 1.87 bits per heavy atom. The van der Waals surface area contributed by atoms with Crippen LogP contribution in [-0.2, 0) is 11.5 Å². The number of nitrogens with one attached hydrogen (secondary N) is 1. The summed E-state index contributed by atoms with van der Waals surface area (Å²) in [5.41, 5.74) is 9.95. The average molecular weight is 418 g/mol. The average Bonchev–Trinajstić information content (AvgIpc) is 3.20. The summed E-state index contributed by atoms with van der Waals surface area (Å²) in [4.78, 5) is 13.1. The molecular weight excluding hydrogens is 395 g/mol. The molecule has 31 heavy (non-hydrogen) atoms. The second-order valence-corrected chi connectivity index (χ2v) is 7.40. The number of nitrogens with zero attached hydrogens (tertiary/aromatic N) is 4. The van der Waals surface area contributed by atoms with E-state index >= 15 is 0 Å². The first-order chi connectivity index (χ1) is 15.1. The lowest BCUT2D eigenvalue weighted by Crippen LogP contribution is -2.31. The van der Waals surface area contributed by atoms with Gasteiger partial charge in [0.15, 0.2) is 11.5 Å². The molecule has 2 radical (unpaired) electrons. The first kappa shape index (κ1) is 20.9. The highest BCUT2D eigenvalue weighted by atomic mass is 19.1. The van der Waals surface area contributed by atoms with Crippen molar-refractivity contribution in [1.29, 1.82) is 0 Å². The fourth-order valence-electron chi connectivity index (χ4n) is 3.61. The zero-order valence-electron chi connectivity index (χ0n) is 16.9. The number of halogens is 1. The van der Waals surface area contributed by atoms with Gasteiger partial charge in [-0.3, -0.25) is 0 Å². The molecule has 8 heteroatoms. The van der Waals surface area contributed by atoms with Crippen molar-refractivity contribution in [3.05, 3.63) is 90.6 Å². The van der Waals surface area contributed by atoms with E-state index in [1.165, 1.54) is 18.5 Å². The summed E-state index contributed by atoms with van der Waals surface area (Å²) in [6.07, 6.45) is 3.64. The smallest absolute Gasteiger partial charge is 0.166 e. The summed E-state index contributed by atoms with van der Waals surface area (Å²) in [5, 5.41) is 15.3. The highest BCUT2D eigenvalue weighted by Gasteiger charge is 2.20. The molecule has 2 aromatic heterocycles. The number of aromatic nitrogens is 4. The molecule has 0 saturated carbocycles. The van der Waals surface area contributed by atoms with Crippen LogP contribution >= 0.6 is 0 Å². The molecule has 4 aromatic rings. The Morgan fingerprint density at radius 3 is 2.61 bits per heavy atom. The van der Waals surface area contributed by atoms with Crippen molar-refractivity contribution in [2.75, 3.05) is 18.5 Å². The lowest BCUT2D eigenvalue weighted by molar-refractivity contribution is 0.162. The maximum atomic E-state index is 13.1. The zero-order chi connectivity index (χ0) is 21.8. The van der Waals surface area contributed by atoms with Gasteiger partial charge in [-0.1, -0.05) is 36.4 Å². The van der Waals surface area contributed by atoms with Crippen LogP contribution in [0.5, 0.6) is 0 Å². The van der Waals surface area contributed by atoms with Gasteiger partial charge in [0.1, 0.15) is 24.3 Å².